The smallest absolute Gasteiger partial charge is 0.255 e. The molecule has 2 aromatic carbocycles. The molecule has 2 aliphatic rings. The Morgan fingerprint density at radius 1 is 1.04 bits per heavy atom. The molecule has 4 aromatic rings. The molecule has 2 heterocycles. The van der Waals surface area contributed by atoms with E-state index in [2.05, 4.69) is 15.7 Å². The van der Waals surface area contributed by atoms with Crippen molar-refractivity contribution in [3.05, 3.63) is 83.7 Å². The number of amides is 3. The number of rotatable bonds is 15. The van der Waals surface area contributed by atoms with Crippen LogP contribution in [0.25, 0.3) is 16.6 Å². The number of aliphatic hydroxyl groups is 1. The summed E-state index contributed by atoms with van der Waals surface area (Å²) in [6.07, 6.45) is 7.02. The summed E-state index contributed by atoms with van der Waals surface area (Å²) < 4.78 is 18.7. The molecule has 0 radical (unpaired) electrons. The van der Waals surface area contributed by atoms with Gasteiger partial charge < -0.3 is 35.7 Å². The third-order valence-corrected chi connectivity index (χ3v) is 9.32. The van der Waals surface area contributed by atoms with Gasteiger partial charge in [0.05, 0.1) is 54.6 Å². The van der Waals surface area contributed by atoms with Crippen molar-refractivity contribution < 1.29 is 33.7 Å². The molecule has 50 heavy (non-hydrogen) atoms. The highest BCUT2D eigenvalue weighted by Crippen LogP contribution is 2.57. The van der Waals surface area contributed by atoms with E-state index in [9.17, 15) is 19.5 Å². The summed E-state index contributed by atoms with van der Waals surface area (Å²) in [6.45, 7) is 4.40. The average molecular weight is 684 g/mol. The minimum Gasteiger partial charge on any atom is -0.490 e. The number of primary amides is 1. The maximum absolute atomic E-state index is 13.2. The molecule has 3 amide bonds. The number of pyridine rings is 1. The van der Waals surface area contributed by atoms with E-state index in [-0.39, 0.29) is 48.8 Å². The number of nitrogens with zero attached hydrogens (tertiary/aromatic N) is 2. The lowest BCUT2D eigenvalue weighted by Gasteiger charge is -2.57. The van der Waals surface area contributed by atoms with Crippen LogP contribution >= 0.6 is 0 Å². The molecule has 2 saturated carbocycles. The van der Waals surface area contributed by atoms with E-state index >= 15 is 0 Å². The Morgan fingerprint density at radius 2 is 1.82 bits per heavy atom. The van der Waals surface area contributed by atoms with Crippen LogP contribution < -0.4 is 25.8 Å². The predicted molar refractivity (Wildman–Crippen MR) is 187 cm³/mol. The van der Waals surface area contributed by atoms with Gasteiger partial charge in [0.2, 0.25) is 11.8 Å². The Labute approximate surface area is 291 Å². The van der Waals surface area contributed by atoms with Gasteiger partial charge in [0, 0.05) is 25.3 Å². The van der Waals surface area contributed by atoms with E-state index < -0.39 is 11.5 Å². The number of carbonyl (C=O) groups is 3. The lowest BCUT2D eigenvalue weighted by molar-refractivity contribution is -0.120. The van der Waals surface area contributed by atoms with Crippen LogP contribution in [0.5, 0.6) is 11.5 Å². The monoisotopic (exact) mass is 683 g/mol. The summed E-state index contributed by atoms with van der Waals surface area (Å²) in [5.41, 5.74) is 9.37. The Hall–Kier alpha value is -4.94. The van der Waals surface area contributed by atoms with Crippen LogP contribution in [-0.2, 0) is 27.2 Å². The lowest BCUT2D eigenvalue weighted by Crippen LogP contribution is -2.58. The third-order valence-electron chi connectivity index (χ3n) is 9.32. The van der Waals surface area contributed by atoms with Gasteiger partial charge >= 0.3 is 0 Å². The first-order valence-electron chi connectivity index (χ1n) is 16.9. The van der Waals surface area contributed by atoms with Crippen LogP contribution in [0.2, 0.25) is 0 Å². The van der Waals surface area contributed by atoms with Crippen LogP contribution in [0, 0.1) is 5.41 Å². The van der Waals surface area contributed by atoms with Gasteiger partial charge in [0.25, 0.3) is 5.91 Å². The Kier molecular flexibility index (Phi) is 10.1. The predicted octanol–water partition coefficient (Wildman–Crippen LogP) is 3.60. The molecule has 0 atom stereocenters. The average Bonchev–Trinajstić information content (AvgIpc) is 3.45. The molecule has 2 fully saturated rings. The van der Waals surface area contributed by atoms with Gasteiger partial charge in [-0.1, -0.05) is 36.4 Å². The van der Waals surface area contributed by atoms with Gasteiger partial charge in [0.15, 0.2) is 0 Å². The fourth-order valence-electron chi connectivity index (χ4n) is 6.92. The number of methoxy groups -OCH3 is 1. The fraction of sp³-hybridized carbons (Fsp3) is 0.421. The number of fused-ring (bicyclic) bond motifs is 1. The normalized spacial score (nSPS) is 19.8. The number of ether oxygens (including phenoxy) is 3. The van der Waals surface area contributed by atoms with Crippen molar-refractivity contribution in [3.63, 3.8) is 0 Å². The van der Waals surface area contributed by atoms with Gasteiger partial charge in [-0.25, -0.2) is 4.52 Å². The zero-order chi connectivity index (χ0) is 35.5. The van der Waals surface area contributed by atoms with Crippen molar-refractivity contribution >= 4 is 23.2 Å². The summed E-state index contributed by atoms with van der Waals surface area (Å²) in [7, 11) is 1.59. The second kappa shape index (κ2) is 14.5. The Balaban J connectivity index is 1.04. The van der Waals surface area contributed by atoms with Crippen LogP contribution in [0.4, 0.5) is 0 Å². The number of benzene rings is 2. The first kappa shape index (κ1) is 34.9. The third kappa shape index (κ3) is 8.43. The second-order valence-electron chi connectivity index (χ2n) is 14.3. The van der Waals surface area contributed by atoms with Gasteiger partial charge in [-0.15, -0.1) is 0 Å². The maximum atomic E-state index is 13.2. The molecule has 1 spiro atoms. The zero-order valence-corrected chi connectivity index (χ0v) is 28.7. The van der Waals surface area contributed by atoms with Crippen LogP contribution in [-0.4, -0.2) is 77.1 Å². The topological polar surface area (TPSA) is 167 Å². The standard InChI is InChI=1S/C38H45N5O7/c1-37(2,47)23-49-29-9-10-32-31(21-41-43(32)22-29)36(46)42-28-17-38(18-28)19-30(20-38)50-33-15-26(7-8-27(33)16-34(39)44)25-6-4-5-24(13-25)14-35(45)40-11-12-48-3/h4-10,13,15,21-22,28,30,47H,11-12,14,16-20,23H2,1-3H3,(H2,39,44)(H,40,45)(H,42,46). The molecule has 2 aromatic heterocycles. The molecule has 0 saturated heterocycles. The number of hydrogen-bond acceptors (Lipinski definition) is 8. The minimum atomic E-state index is -0.962. The molecule has 0 unspecified atom stereocenters. The van der Waals surface area contributed by atoms with E-state index in [0.29, 0.717) is 35.7 Å². The SMILES string of the molecule is COCCNC(=O)Cc1cccc(-c2ccc(CC(N)=O)c(OC3CC4(CC(NC(=O)c5cnn6cc(OCC(C)(C)O)ccc56)C4)C3)c2)c1. The molecule has 2 aliphatic carbocycles. The molecule has 264 valence electrons. The largest absolute Gasteiger partial charge is 0.490 e. The molecule has 5 N–H and O–H groups in total. The van der Waals surface area contributed by atoms with E-state index in [1.807, 2.05) is 42.5 Å². The van der Waals surface area contributed by atoms with Gasteiger partial charge in [-0.3, -0.25) is 14.4 Å². The Morgan fingerprint density at radius 3 is 2.56 bits per heavy atom. The number of aromatic nitrogens is 2. The van der Waals surface area contributed by atoms with Crippen LogP contribution in [0.15, 0.2) is 67.0 Å². The number of nitrogens with one attached hydrogen (secondary N) is 2. The summed E-state index contributed by atoms with van der Waals surface area (Å²) in [5, 5.41) is 20.3. The number of hydrogen-bond donors (Lipinski definition) is 4. The quantitative estimate of drug-likeness (QED) is 0.138. The molecular weight excluding hydrogens is 638 g/mol. The highest BCUT2D eigenvalue weighted by atomic mass is 16.5. The van der Waals surface area contributed by atoms with Crippen molar-refractivity contribution in [2.75, 3.05) is 26.9 Å². The lowest BCUT2D eigenvalue weighted by atomic mass is 9.53. The molecular formula is C38H45N5O7. The second-order valence-corrected chi connectivity index (χ2v) is 14.3. The molecule has 0 aliphatic heterocycles. The van der Waals surface area contributed by atoms with E-state index in [4.69, 9.17) is 19.9 Å². The molecule has 6 rings (SSSR count). The van der Waals surface area contributed by atoms with Crippen LogP contribution in [0.1, 0.15) is 61.0 Å². The van der Waals surface area contributed by atoms with E-state index in [1.165, 1.54) is 0 Å². The summed E-state index contributed by atoms with van der Waals surface area (Å²) in [4.78, 5) is 37.4. The fourth-order valence-corrected chi connectivity index (χ4v) is 6.92. The van der Waals surface area contributed by atoms with Gasteiger partial charge in [-0.05, 0) is 79.8 Å². The first-order chi connectivity index (χ1) is 23.9. The van der Waals surface area contributed by atoms with Crippen molar-refractivity contribution in [2.45, 2.75) is 70.1 Å². The van der Waals surface area contributed by atoms with Crippen molar-refractivity contribution in [1.29, 1.82) is 0 Å². The number of carbonyl (C=O) groups excluding carboxylic acids is 3. The van der Waals surface area contributed by atoms with Gasteiger partial charge in [-0.2, -0.15) is 5.10 Å². The first-order valence-corrected chi connectivity index (χ1v) is 16.9. The zero-order valence-electron chi connectivity index (χ0n) is 28.7. The summed E-state index contributed by atoms with van der Waals surface area (Å²) in [6, 6.07) is 17.2. The van der Waals surface area contributed by atoms with Crippen molar-refractivity contribution in [3.8, 4) is 22.6 Å². The minimum absolute atomic E-state index is 0.0110. The van der Waals surface area contributed by atoms with Gasteiger partial charge in [0.1, 0.15) is 18.1 Å². The van der Waals surface area contributed by atoms with Crippen molar-refractivity contribution in [2.24, 2.45) is 11.1 Å². The summed E-state index contributed by atoms with van der Waals surface area (Å²) in [5.74, 6) is 0.514. The molecule has 12 heteroatoms. The Bertz CT molecular complexity index is 1870. The van der Waals surface area contributed by atoms with Crippen molar-refractivity contribution in [1.82, 2.24) is 20.2 Å². The summed E-state index contributed by atoms with van der Waals surface area (Å²) >= 11 is 0. The van der Waals surface area contributed by atoms with E-state index in [1.54, 1.807) is 50.0 Å². The number of nitrogens with two attached hydrogens (primary N) is 1. The highest BCUT2D eigenvalue weighted by molar-refractivity contribution is 6.00. The maximum Gasteiger partial charge on any atom is 0.255 e. The highest BCUT2D eigenvalue weighted by Gasteiger charge is 2.54. The van der Waals surface area contributed by atoms with Crippen LogP contribution in [0.3, 0.4) is 0 Å². The molecule has 12 nitrogen and oxygen atoms in total. The van der Waals surface area contributed by atoms with E-state index in [0.717, 1.165) is 47.9 Å². The molecule has 0 bridgehead atoms.